The summed E-state index contributed by atoms with van der Waals surface area (Å²) in [6.07, 6.45) is 4.31. The average molecular weight is 473 g/mol. The summed E-state index contributed by atoms with van der Waals surface area (Å²) in [5.41, 5.74) is 8.29. The largest absolute Gasteiger partial charge is 0.465 e. The van der Waals surface area contributed by atoms with Gasteiger partial charge in [0, 0.05) is 5.69 Å². The number of benzene rings is 3. The number of terminal acetylenes is 1. The zero-order valence-electron chi connectivity index (χ0n) is 20.0. The summed E-state index contributed by atoms with van der Waals surface area (Å²) in [6, 6.07) is 26.3. The third kappa shape index (κ3) is 5.33. The normalized spacial score (nSPS) is 11.6. The molecule has 0 aromatic heterocycles. The van der Waals surface area contributed by atoms with Gasteiger partial charge in [0.15, 0.2) is 0 Å². The third-order valence-corrected chi connectivity index (χ3v) is 11.0. The van der Waals surface area contributed by atoms with Gasteiger partial charge in [-0.25, -0.2) is 4.79 Å². The molecule has 3 aromatic carbocycles. The van der Waals surface area contributed by atoms with Crippen LogP contribution in [0.4, 0.5) is 10.5 Å². The quantitative estimate of drug-likeness (QED) is 0.288. The van der Waals surface area contributed by atoms with Crippen molar-refractivity contribution in [2.45, 2.75) is 39.0 Å². The number of anilines is 1. The van der Waals surface area contributed by atoms with Gasteiger partial charge >= 0.3 is 6.09 Å². The van der Waals surface area contributed by atoms with Gasteiger partial charge in [0.05, 0.1) is 19.7 Å². The standard InChI is InChI=1S/C28H32N2O3Si/c1-5-18-30(27(31)32)20-23-19-24(29)17-16-22(23)21-33-34(28(2,3)4,25-12-8-6-9-13-25)26-14-10-7-11-15-26/h1,6-17,19H,18,20-21,29H2,2-4H3,(H,31,32). The van der Waals surface area contributed by atoms with Crippen molar-refractivity contribution < 1.29 is 14.3 Å². The lowest BCUT2D eigenvalue weighted by atomic mass is 10.1. The van der Waals surface area contributed by atoms with Gasteiger partial charge < -0.3 is 15.3 Å². The SMILES string of the molecule is C#CCN(Cc1cc(N)ccc1CO[Si](c1ccccc1)(c1ccccc1)C(C)(C)C)C(=O)O. The van der Waals surface area contributed by atoms with Crippen LogP contribution in [0.3, 0.4) is 0 Å². The second-order valence-corrected chi connectivity index (χ2v) is 13.6. The Morgan fingerprint density at radius 3 is 2.03 bits per heavy atom. The van der Waals surface area contributed by atoms with Crippen LogP contribution >= 0.6 is 0 Å². The highest BCUT2D eigenvalue weighted by Gasteiger charge is 2.50. The van der Waals surface area contributed by atoms with E-state index in [-0.39, 0.29) is 18.1 Å². The molecule has 5 nitrogen and oxygen atoms in total. The summed E-state index contributed by atoms with van der Waals surface area (Å²) in [6.45, 7) is 7.14. The number of hydrogen-bond acceptors (Lipinski definition) is 3. The second-order valence-electron chi connectivity index (χ2n) is 9.32. The maximum atomic E-state index is 11.7. The molecule has 1 amide bonds. The van der Waals surface area contributed by atoms with Crippen LogP contribution in [0.2, 0.25) is 5.04 Å². The lowest BCUT2D eigenvalue weighted by Crippen LogP contribution is -2.66. The first-order valence-corrected chi connectivity index (χ1v) is 13.1. The van der Waals surface area contributed by atoms with Gasteiger partial charge in [0.25, 0.3) is 8.32 Å². The Morgan fingerprint density at radius 1 is 1.00 bits per heavy atom. The summed E-state index contributed by atoms with van der Waals surface area (Å²) in [7, 11) is -2.74. The van der Waals surface area contributed by atoms with E-state index >= 15 is 0 Å². The van der Waals surface area contributed by atoms with E-state index in [0.717, 1.165) is 11.1 Å². The Hall–Kier alpha value is -3.53. The fourth-order valence-corrected chi connectivity index (χ4v) is 8.92. The van der Waals surface area contributed by atoms with E-state index in [2.05, 4.69) is 51.0 Å². The Labute approximate surface area is 203 Å². The molecule has 0 aliphatic rings. The minimum atomic E-state index is -2.74. The Kier molecular flexibility index (Phi) is 7.82. The van der Waals surface area contributed by atoms with Crippen LogP contribution in [0.25, 0.3) is 0 Å². The molecule has 3 N–H and O–H groups in total. The lowest BCUT2D eigenvalue weighted by Gasteiger charge is -2.43. The molecule has 3 rings (SSSR count). The molecule has 0 atom stereocenters. The summed E-state index contributed by atoms with van der Waals surface area (Å²) >= 11 is 0. The Morgan fingerprint density at radius 2 is 1.56 bits per heavy atom. The average Bonchev–Trinajstić information content (AvgIpc) is 2.81. The van der Waals surface area contributed by atoms with Crippen LogP contribution in [-0.2, 0) is 17.6 Å². The number of carboxylic acid groups (broad SMARTS) is 1. The summed E-state index contributed by atoms with van der Waals surface area (Å²) < 4.78 is 7.03. The van der Waals surface area contributed by atoms with E-state index in [4.69, 9.17) is 16.6 Å². The van der Waals surface area contributed by atoms with Gasteiger partial charge in [-0.15, -0.1) is 6.42 Å². The molecular weight excluding hydrogens is 440 g/mol. The van der Waals surface area contributed by atoms with Gasteiger partial charge in [-0.05, 0) is 38.7 Å². The predicted octanol–water partition coefficient (Wildman–Crippen LogP) is 4.46. The maximum absolute atomic E-state index is 11.7. The van der Waals surface area contributed by atoms with Crippen LogP contribution in [-0.4, -0.2) is 31.0 Å². The van der Waals surface area contributed by atoms with Crippen LogP contribution in [0.15, 0.2) is 78.9 Å². The van der Waals surface area contributed by atoms with Gasteiger partial charge in [-0.1, -0.05) is 93.4 Å². The maximum Gasteiger partial charge on any atom is 0.408 e. The molecule has 0 aliphatic heterocycles. The number of nitrogen functional groups attached to an aromatic ring is 1. The van der Waals surface area contributed by atoms with E-state index in [1.807, 2.05) is 48.5 Å². The first kappa shape index (κ1) is 25.1. The van der Waals surface area contributed by atoms with Crippen molar-refractivity contribution in [1.29, 1.82) is 0 Å². The molecule has 176 valence electrons. The van der Waals surface area contributed by atoms with Gasteiger partial charge in [0.1, 0.15) is 0 Å². The van der Waals surface area contributed by atoms with Gasteiger partial charge in [0.2, 0.25) is 0 Å². The summed E-state index contributed by atoms with van der Waals surface area (Å²) in [5, 5.41) is 11.8. The number of amides is 1. The molecule has 3 aromatic rings. The minimum Gasteiger partial charge on any atom is -0.465 e. The van der Waals surface area contributed by atoms with Gasteiger partial charge in [-0.2, -0.15) is 0 Å². The first-order chi connectivity index (χ1) is 16.2. The highest BCUT2D eigenvalue weighted by atomic mass is 28.4. The molecule has 0 unspecified atom stereocenters. The molecular formula is C28H32N2O3Si. The molecule has 0 saturated heterocycles. The van der Waals surface area contributed by atoms with Crippen LogP contribution in [0.5, 0.6) is 0 Å². The number of carbonyl (C=O) groups is 1. The predicted molar refractivity (Wildman–Crippen MR) is 141 cm³/mol. The van der Waals surface area contributed by atoms with Crippen LogP contribution < -0.4 is 16.1 Å². The fourth-order valence-electron chi connectivity index (χ4n) is 4.39. The van der Waals surface area contributed by atoms with Crippen molar-refractivity contribution in [2.75, 3.05) is 12.3 Å². The molecule has 0 bridgehead atoms. The van der Waals surface area contributed by atoms with Crippen molar-refractivity contribution >= 4 is 30.5 Å². The van der Waals surface area contributed by atoms with E-state index in [0.29, 0.717) is 12.3 Å². The molecule has 0 spiro atoms. The van der Waals surface area contributed by atoms with E-state index < -0.39 is 14.4 Å². The van der Waals surface area contributed by atoms with Crippen molar-refractivity contribution in [1.82, 2.24) is 4.90 Å². The third-order valence-electron chi connectivity index (χ3n) is 6.01. The molecule has 6 heteroatoms. The van der Waals surface area contributed by atoms with Crippen molar-refractivity contribution in [3.63, 3.8) is 0 Å². The number of nitrogens with zero attached hydrogens (tertiary/aromatic N) is 1. The van der Waals surface area contributed by atoms with E-state index in [9.17, 15) is 9.90 Å². The molecule has 0 radical (unpaired) electrons. The van der Waals surface area contributed by atoms with Crippen LogP contribution in [0.1, 0.15) is 31.9 Å². The molecule has 0 saturated carbocycles. The summed E-state index contributed by atoms with van der Waals surface area (Å²) in [4.78, 5) is 12.9. The number of hydrogen-bond donors (Lipinski definition) is 2. The second kappa shape index (κ2) is 10.6. The van der Waals surface area contributed by atoms with Crippen molar-refractivity contribution in [2.24, 2.45) is 0 Å². The van der Waals surface area contributed by atoms with Crippen molar-refractivity contribution in [3.8, 4) is 12.3 Å². The van der Waals surface area contributed by atoms with Gasteiger partial charge in [-0.3, -0.25) is 4.90 Å². The lowest BCUT2D eigenvalue weighted by molar-refractivity contribution is 0.148. The Balaban J connectivity index is 2.07. The summed E-state index contributed by atoms with van der Waals surface area (Å²) in [5.74, 6) is 2.41. The zero-order chi connectivity index (χ0) is 24.8. The zero-order valence-corrected chi connectivity index (χ0v) is 21.0. The smallest absolute Gasteiger partial charge is 0.408 e. The fraction of sp³-hybridized carbons (Fsp3) is 0.250. The Bertz CT molecular complexity index is 1110. The molecule has 0 fully saturated rings. The van der Waals surface area contributed by atoms with E-state index in [1.54, 1.807) is 6.07 Å². The monoisotopic (exact) mass is 472 g/mol. The number of nitrogens with two attached hydrogens (primary N) is 1. The highest BCUT2D eigenvalue weighted by molar-refractivity contribution is 6.99. The highest BCUT2D eigenvalue weighted by Crippen LogP contribution is 2.37. The van der Waals surface area contributed by atoms with Crippen LogP contribution in [0, 0.1) is 12.3 Å². The first-order valence-electron chi connectivity index (χ1n) is 11.2. The van der Waals surface area contributed by atoms with Crippen molar-refractivity contribution in [3.05, 3.63) is 90.0 Å². The molecule has 0 aliphatic carbocycles. The number of rotatable bonds is 8. The molecule has 0 heterocycles. The topological polar surface area (TPSA) is 75.8 Å². The minimum absolute atomic E-state index is 0.000854. The van der Waals surface area contributed by atoms with E-state index in [1.165, 1.54) is 15.3 Å². The molecule has 34 heavy (non-hydrogen) atoms.